The molecule has 0 fully saturated rings. The van der Waals surface area contributed by atoms with Crippen LogP contribution in [0.5, 0.6) is 0 Å². The Morgan fingerprint density at radius 1 is 0.263 bits per heavy atom. The van der Waals surface area contributed by atoms with Crippen LogP contribution < -0.4 is 4.90 Å². The topological polar surface area (TPSA) is 29.5 Å². The van der Waals surface area contributed by atoms with Gasteiger partial charge in [-0.1, -0.05) is 158 Å². The molecule has 0 aliphatic carbocycles. The average Bonchev–Trinajstić information content (AvgIpc) is 3.86. The first kappa shape index (κ1) is 32.8. The summed E-state index contributed by atoms with van der Waals surface area (Å²) in [6.07, 6.45) is 0. The Labute approximate surface area is 330 Å². The quantitative estimate of drug-likeness (QED) is 0.164. The van der Waals surface area contributed by atoms with Crippen molar-refractivity contribution in [2.45, 2.75) is 0 Å². The fourth-order valence-electron chi connectivity index (χ4n) is 8.39. The van der Waals surface area contributed by atoms with Gasteiger partial charge in [0.2, 0.25) is 0 Å². The molecule has 0 bridgehead atoms. The van der Waals surface area contributed by atoms with Gasteiger partial charge in [-0.2, -0.15) is 0 Å². The average molecular weight is 730 g/mol. The van der Waals surface area contributed by atoms with E-state index >= 15 is 0 Å². The zero-order valence-electron chi connectivity index (χ0n) is 31.0. The maximum Gasteiger partial charge on any atom is 0.143 e. The van der Waals surface area contributed by atoms with Crippen molar-refractivity contribution in [3.8, 4) is 44.5 Å². The molecule has 9 aromatic carbocycles. The first-order valence-corrected chi connectivity index (χ1v) is 19.3. The van der Waals surface area contributed by atoms with Gasteiger partial charge in [-0.15, -0.1) is 0 Å². The van der Waals surface area contributed by atoms with Crippen LogP contribution in [0.2, 0.25) is 0 Å². The van der Waals surface area contributed by atoms with Crippen molar-refractivity contribution in [1.29, 1.82) is 0 Å². The lowest BCUT2D eigenvalue weighted by molar-refractivity contribution is 0.670. The molecular formula is C54H35NO2. The predicted molar refractivity (Wildman–Crippen MR) is 237 cm³/mol. The van der Waals surface area contributed by atoms with Crippen LogP contribution in [-0.2, 0) is 0 Å². The molecule has 11 aromatic rings. The molecule has 2 aromatic heterocycles. The number of nitrogens with zero attached hydrogens (tertiary/aromatic N) is 1. The summed E-state index contributed by atoms with van der Waals surface area (Å²) in [6.45, 7) is 0. The molecular weight excluding hydrogens is 695 g/mol. The number of hydrogen-bond donors (Lipinski definition) is 0. The second-order valence-electron chi connectivity index (χ2n) is 14.5. The summed E-state index contributed by atoms with van der Waals surface area (Å²) in [5.41, 5.74) is 15.6. The number of benzene rings is 9. The third-order valence-corrected chi connectivity index (χ3v) is 11.1. The van der Waals surface area contributed by atoms with Crippen LogP contribution in [0, 0.1) is 0 Å². The fraction of sp³-hybridized carbons (Fsp3) is 0. The number of rotatable bonds is 7. The Hall–Kier alpha value is -7.62. The molecule has 0 atom stereocenters. The molecule has 57 heavy (non-hydrogen) atoms. The van der Waals surface area contributed by atoms with Crippen LogP contribution >= 0.6 is 0 Å². The van der Waals surface area contributed by atoms with E-state index in [9.17, 15) is 0 Å². The zero-order valence-corrected chi connectivity index (χ0v) is 31.0. The normalized spacial score (nSPS) is 11.5. The summed E-state index contributed by atoms with van der Waals surface area (Å²) >= 11 is 0. The van der Waals surface area contributed by atoms with Crippen LogP contribution in [0.25, 0.3) is 88.4 Å². The minimum atomic E-state index is 0.875. The highest BCUT2D eigenvalue weighted by molar-refractivity contribution is 6.12. The molecule has 3 nitrogen and oxygen atoms in total. The summed E-state index contributed by atoms with van der Waals surface area (Å²) in [6, 6.07) is 75.1. The molecule has 0 saturated carbocycles. The summed E-state index contributed by atoms with van der Waals surface area (Å²) < 4.78 is 13.2. The Morgan fingerprint density at radius 2 is 0.737 bits per heavy atom. The van der Waals surface area contributed by atoms with Gasteiger partial charge >= 0.3 is 0 Å². The molecule has 0 unspecified atom stereocenters. The van der Waals surface area contributed by atoms with Gasteiger partial charge in [0.25, 0.3) is 0 Å². The van der Waals surface area contributed by atoms with E-state index in [1.165, 1.54) is 11.1 Å². The van der Waals surface area contributed by atoms with Crippen molar-refractivity contribution in [2.24, 2.45) is 0 Å². The maximum absolute atomic E-state index is 6.68. The van der Waals surface area contributed by atoms with Gasteiger partial charge in [0, 0.05) is 49.7 Å². The largest absolute Gasteiger partial charge is 0.455 e. The van der Waals surface area contributed by atoms with Crippen molar-refractivity contribution in [3.05, 3.63) is 212 Å². The Kier molecular flexibility index (Phi) is 7.82. The van der Waals surface area contributed by atoms with Crippen molar-refractivity contribution in [1.82, 2.24) is 0 Å². The predicted octanol–water partition coefficient (Wildman–Crippen LogP) is 15.6. The van der Waals surface area contributed by atoms with Crippen molar-refractivity contribution < 1.29 is 8.83 Å². The molecule has 268 valence electrons. The minimum Gasteiger partial charge on any atom is -0.455 e. The smallest absolute Gasteiger partial charge is 0.143 e. The molecule has 0 saturated heterocycles. The van der Waals surface area contributed by atoms with E-state index in [1.54, 1.807) is 0 Å². The van der Waals surface area contributed by atoms with Crippen LogP contribution in [0.3, 0.4) is 0 Å². The molecule has 0 aliphatic rings. The summed E-state index contributed by atoms with van der Waals surface area (Å²) in [5.74, 6) is 0. The number of anilines is 3. The van der Waals surface area contributed by atoms with Crippen LogP contribution in [0.4, 0.5) is 17.1 Å². The fourth-order valence-corrected chi connectivity index (χ4v) is 8.39. The van der Waals surface area contributed by atoms with Gasteiger partial charge in [0.1, 0.15) is 22.3 Å². The van der Waals surface area contributed by atoms with Gasteiger partial charge in [-0.25, -0.2) is 0 Å². The monoisotopic (exact) mass is 729 g/mol. The second kappa shape index (κ2) is 13.6. The molecule has 0 N–H and O–H groups in total. The number of hydrogen-bond acceptors (Lipinski definition) is 3. The van der Waals surface area contributed by atoms with E-state index in [-0.39, 0.29) is 0 Å². The van der Waals surface area contributed by atoms with E-state index in [2.05, 4.69) is 193 Å². The Balaban J connectivity index is 1.10. The standard InChI is InChI=1S/C54H35NO2/c1-3-14-36(15-4-1)37-28-31-41(32-29-37)55(40-17-5-2-6-18-40)42-19-11-16-38(34-42)43-33-30-39(44-22-12-23-47-45-20-7-9-26-51(45)56-53(44)47)35-50(43)49-25-13-24-48-46-21-8-10-27-52(46)57-54(48)49/h1-35H. The van der Waals surface area contributed by atoms with Gasteiger partial charge in [-0.3, -0.25) is 0 Å². The number of fused-ring (bicyclic) bond motifs is 6. The second-order valence-corrected chi connectivity index (χ2v) is 14.5. The van der Waals surface area contributed by atoms with Crippen molar-refractivity contribution in [3.63, 3.8) is 0 Å². The highest BCUT2D eigenvalue weighted by Crippen LogP contribution is 2.45. The molecule has 0 radical (unpaired) electrons. The minimum absolute atomic E-state index is 0.875. The first-order chi connectivity index (χ1) is 28.3. The molecule has 0 spiro atoms. The van der Waals surface area contributed by atoms with Crippen LogP contribution in [0.1, 0.15) is 0 Å². The third kappa shape index (κ3) is 5.68. The lowest BCUT2D eigenvalue weighted by Gasteiger charge is -2.26. The lowest BCUT2D eigenvalue weighted by Crippen LogP contribution is -2.09. The van der Waals surface area contributed by atoms with Crippen LogP contribution in [0.15, 0.2) is 221 Å². The Morgan fingerprint density at radius 3 is 1.44 bits per heavy atom. The Bertz CT molecular complexity index is 3230. The molecule has 2 heterocycles. The van der Waals surface area contributed by atoms with Gasteiger partial charge in [-0.05, 0) is 88.0 Å². The van der Waals surface area contributed by atoms with E-state index in [0.717, 1.165) is 94.3 Å². The van der Waals surface area contributed by atoms with Crippen molar-refractivity contribution in [2.75, 3.05) is 4.90 Å². The van der Waals surface area contributed by atoms with Gasteiger partial charge in [0.15, 0.2) is 0 Å². The van der Waals surface area contributed by atoms with Gasteiger partial charge in [0.05, 0.1) is 0 Å². The van der Waals surface area contributed by atoms with Crippen molar-refractivity contribution >= 4 is 60.9 Å². The van der Waals surface area contributed by atoms with E-state index in [0.29, 0.717) is 0 Å². The maximum atomic E-state index is 6.68. The number of furan rings is 2. The lowest BCUT2D eigenvalue weighted by atomic mass is 9.89. The molecule has 0 amide bonds. The SMILES string of the molecule is c1ccc(-c2ccc(N(c3ccccc3)c3cccc(-c4ccc(-c5cccc6c5oc5ccccc56)cc4-c4cccc5c4oc4ccccc45)c3)cc2)cc1. The highest BCUT2D eigenvalue weighted by atomic mass is 16.3. The summed E-state index contributed by atoms with van der Waals surface area (Å²) in [5, 5.41) is 4.44. The van der Waals surface area contributed by atoms with E-state index < -0.39 is 0 Å². The third-order valence-electron chi connectivity index (χ3n) is 11.1. The summed E-state index contributed by atoms with van der Waals surface area (Å²) in [7, 11) is 0. The molecule has 11 rings (SSSR count). The molecule has 3 heteroatoms. The van der Waals surface area contributed by atoms with Gasteiger partial charge < -0.3 is 13.7 Å². The van der Waals surface area contributed by atoms with Crippen LogP contribution in [-0.4, -0.2) is 0 Å². The van der Waals surface area contributed by atoms with E-state index in [1.807, 2.05) is 24.3 Å². The first-order valence-electron chi connectivity index (χ1n) is 19.3. The van der Waals surface area contributed by atoms with E-state index in [4.69, 9.17) is 8.83 Å². The number of para-hydroxylation sites is 5. The summed E-state index contributed by atoms with van der Waals surface area (Å²) in [4.78, 5) is 2.33. The highest BCUT2D eigenvalue weighted by Gasteiger charge is 2.20. The zero-order chi connectivity index (χ0) is 37.7. The molecule has 0 aliphatic heterocycles.